The molecule has 2 aliphatic rings. The first-order chi connectivity index (χ1) is 21.5. The van der Waals surface area contributed by atoms with Crippen molar-refractivity contribution in [2.24, 2.45) is 0 Å². The van der Waals surface area contributed by atoms with Crippen molar-refractivity contribution in [1.82, 2.24) is 19.2 Å². The highest BCUT2D eigenvalue weighted by Crippen LogP contribution is 2.31. The Labute approximate surface area is 263 Å². The minimum atomic E-state index is 0.210. The van der Waals surface area contributed by atoms with E-state index in [1.54, 1.807) is 0 Å². The van der Waals surface area contributed by atoms with Gasteiger partial charge in [-0.2, -0.15) is 0 Å². The van der Waals surface area contributed by atoms with Gasteiger partial charge in [-0.25, -0.2) is 4.98 Å². The van der Waals surface area contributed by atoms with Gasteiger partial charge in [0.25, 0.3) is 0 Å². The van der Waals surface area contributed by atoms with Crippen molar-refractivity contribution in [2.45, 2.75) is 59.3 Å². The molecule has 0 atom stereocenters. The van der Waals surface area contributed by atoms with Crippen LogP contribution in [0.5, 0.6) is 0 Å². The number of carbonyl (C=O) groups is 1. The zero-order valence-electron chi connectivity index (χ0n) is 27.0. The molecule has 0 spiro atoms. The van der Waals surface area contributed by atoms with Crippen molar-refractivity contribution in [1.29, 1.82) is 0 Å². The third-order valence-corrected chi connectivity index (χ3v) is 9.17. The molecular formula is C37H50N6O. The highest BCUT2D eigenvalue weighted by atomic mass is 16.2. The fourth-order valence-electron chi connectivity index (χ4n) is 6.21. The molecule has 0 saturated carbocycles. The Kier molecular flexibility index (Phi) is 10.9. The number of piperazine rings is 1. The molecule has 4 heterocycles. The van der Waals surface area contributed by atoms with E-state index in [9.17, 15) is 4.79 Å². The first-order valence-corrected chi connectivity index (χ1v) is 16.6. The number of rotatable bonds is 12. The molecule has 1 amide bonds. The topological polar surface area (TPSA) is 56.1 Å². The van der Waals surface area contributed by atoms with Crippen molar-refractivity contribution >= 4 is 23.1 Å². The van der Waals surface area contributed by atoms with Crippen LogP contribution in [0.25, 0.3) is 16.9 Å². The lowest BCUT2D eigenvalue weighted by atomic mass is 10.0. The predicted octanol–water partition coefficient (Wildman–Crippen LogP) is 7.19. The molecule has 3 aromatic rings. The van der Waals surface area contributed by atoms with Gasteiger partial charge in [0.1, 0.15) is 17.2 Å². The summed E-state index contributed by atoms with van der Waals surface area (Å²) >= 11 is 0. The summed E-state index contributed by atoms with van der Waals surface area (Å²) < 4.78 is 2.09. The molecule has 1 aromatic carbocycles. The van der Waals surface area contributed by atoms with Gasteiger partial charge in [-0.3, -0.25) is 14.1 Å². The van der Waals surface area contributed by atoms with Crippen molar-refractivity contribution in [3.8, 4) is 11.3 Å². The van der Waals surface area contributed by atoms with Gasteiger partial charge in [-0.1, -0.05) is 67.5 Å². The van der Waals surface area contributed by atoms with Crippen LogP contribution in [0.3, 0.4) is 0 Å². The molecule has 5 rings (SSSR count). The summed E-state index contributed by atoms with van der Waals surface area (Å²) in [5, 5.41) is 3.58. The average Bonchev–Trinajstić information content (AvgIpc) is 3.45. The Morgan fingerprint density at radius 2 is 1.68 bits per heavy atom. The normalized spacial score (nSPS) is 16.9. The van der Waals surface area contributed by atoms with Gasteiger partial charge in [0, 0.05) is 76.2 Å². The number of anilines is 2. The summed E-state index contributed by atoms with van der Waals surface area (Å²) in [5.74, 6) is 1.15. The molecule has 2 aromatic heterocycles. The number of carbonyl (C=O) groups excluding carboxylic acids is 1. The Morgan fingerprint density at radius 3 is 2.39 bits per heavy atom. The second-order valence-corrected chi connectivity index (χ2v) is 12.2. The number of imidazole rings is 1. The van der Waals surface area contributed by atoms with Gasteiger partial charge in [0.15, 0.2) is 0 Å². The van der Waals surface area contributed by atoms with Gasteiger partial charge >= 0.3 is 0 Å². The maximum Gasteiger partial charge on any atom is 0.224 e. The molecule has 0 unspecified atom stereocenters. The number of allylic oxidation sites excluding steroid dienone is 4. The smallest absolute Gasteiger partial charge is 0.224 e. The van der Waals surface area contributed by atoms with E-state index in [1.165, 1.54) is 36.1 Å². The van der Waals surface area contributed by atoms with Crippen LogP contribution in [0, 0.1) is 0 Å². The molecule has 2 aliphatic heterocycles. The average molecular weight is 595 g/mol. The molecule has 2 fully saturated rings. The summed E-state index contributed by atoms with van der Waals surface area (Å²) in [4.78, 5) is 25.2. The standard InChI is InChI=1S/C37H50N6O/c1-5-29(3)13-14-30(4)31(6-2)28-40-24-26-42(27-25-40)35(44)19-20-38-37-36(39-34-12-8-11-23-43(34)37)32-15-17-33(18-16-32)41-21-9-7-10-22-41/h8,11-18,23,38H,3,5-7,9-10,19-22,24-28H2,1-2,4H3/b14-13-,31-30+. The number of benzene rings is 1. The molecule has 2 saturated heterocycles. The van der Waals surface area contributed by atoms with E-state index in [0.717, 1.165) is 87.0 Å². The molecular weight excluding hydrogens is 544 g/mol. The summed E-state index contributed by atoms with van der Waals surface area (Å²) in [7, 11) is 0. The van der Waals surface area contributed by atoms with E-state index >= 15 is 0 Å². The fraction of sp³-hybridized carbons (Fsp3) is 0.459. The Balaban J connectivity index is 1.17. The van der Waals surface area contributed by atoms with Crippen molar-refractivity contribution in [3.05, 3.63) is 84.1 Å². The molecule has 0 radical (unpaired) electrons. The van der Waals surface area contributed by atoms with Crippen LogP contribution in [-0.2, 0) is 4.79 Å². The van der Waals surface area contributed by atoms with Crippen molar-refractivity contribution < 1.29 is 4.79 Å². The molecule has 234 valence electrons. The third-order valence-electron chi connectivity index (χ3n) is 9.17. The maximum absolute atomic E-state index is 13.2. The maximum atomic E-state index is 13.2. The molecule has 7 heteroatoms. The van der Waals surface area contributed by atoms with Crippen LogP contribution < -0.4 is 10.2 Å². The number of fused-ring (bicyclic) bond motifs is 1. The summed E-state index contributed by atoms with van der Waals surface area (Å²) in [6, 6.07) is 14.9. The summed E-state index contributed by atoms with van der Waals surface area (Å²) in [5.41, 5.74) is 8.13. The monoisotopic (exact) mass is 594 g/mol. The number of aromatic nitrogens is 2. The van der Waals surface area contributed by atoms with Gasteiger partial charge in [-0.15, -0.1) is 0 Å². The Morgan fingerprint density at radius 1 is 0.932 bits per heavy atom. The molecule has 44 heavy (non-hydrogen) atoms. The molecule has 1 N–H and O–H groups in total. The van der Waals surface area contributed by atoms with Crippen molar-refractivity contribution in [3.63, 3.8) is 0 Å². The zero-order chi connectivity index (χ0) is 30.9. The number of hydrogen-bond acceptors (Lipinski definition) is 5. The fourth-order valence-corrected chi connectivity index (χ4v) is 6.21. The summed E-state index contributed by atoms with van der Waals surface area (Å²) in [6.45, 7) is 17.8. The number of nitrogens with zero attached hydrogens (tertiary/aromatic N) is 5. The Bertz CT molecular complexity index is 1470. The van der Waals surface area contributed by atoms with Crippen LogP contribution in [-0.4, -0.2) is 77.4 Å². The van der Waals surface area contributed by atoms with Crippen molar-refractivity contribution in [2.75, 3.05) is 62.6 Å². The lowest BCUT2D eigenvalue weighted by Gasteiger charge is -2.35. The van der Waals surface area contributed by atoms with Crippen LogP contribution in [0.4, 0.5) is 11.5 Å². The second-order valence-electron chi connectivity index (χ2n) is 12.2. The van der Waals surface area contributed by atoms with Crippen LogP contribution in [0.1, 0.15) is 59.3 Å². The number of hydrogen-bond donors (Lipinski definition) is 1. The zero-order valence-corrected chi connectivity index (χ0v) is 27.0. The summed E-state index contributed by atoms with van der Waals surface area (Å²) in [6.07, 6.45) is 12.7. The number of piperidine rings is 1. The first-order valence-electron chi connectivity index (χ1n) is 16.6. The SMILES string of the molecule is C=C(/C=C\C(C)=C(/CC)CN1CCN(C(=O)CCNc2c(-c3ccc(N4CCCCC4)cc3)nc3ccccn23)CC1)CC. The molecule has 7 nitrogen and oxygen atoms in total. The van der Waals surface area contributed by atoms with Gasteiger partial charge < -0.3 is 15.1 Å². The van der Waals surface area contributed by atoms with E-state index in [2.05, 4.69) is 83.3 Å². The number of nitrogens with one attached hydrogen (secondary N) is 1. The lowest BCUT2D eigenvalue weighted by molar-refractivity contribution is -0.132. The molecule has 0 bridgehead atoms. The van der Waals surface area contributed by atoms with E-state index in [1.807, 2.05) is 29.3 Å². The van der Waals surface area contributed by atoms with E-state index in [4.69, 9.17) is 4.98 Å². The third kappa shape index (κ3) is 7.81. The van der Waals surface area contributed by atoms with E-state index < -0.39 is 0 Å². The lowest BCUT2D eigenvalue weighted by Crippen LogP contribution is -2.49. The Hall–Kier alpha value is -3.84. The van der Waals surface area contributed by atoms with E-state index in [-0.39, 0.29) is 5.91 Å². The highest BCUT2D eigenvalue weighted by molar-refractivity contribution is 5.79. The van der Waals surface area contributed by atoms with Crippen LogP contribution in [0.15, 0.2) is 84.1 Å². The highest BCUT2D eigenvalue weighted by Gasteiger charge is 2.22. The van der Waals surface area contributed by atoms with Gasteiger partial charge in [0.05, 0.1) is 0 Å². The number of pyridine rings is 1. The first kappa shape index (κ1) is 31.6. The largest absolute Gasteiger partial charge is 0.372 e. The quantitative estimate of drug-likeness (QED) is 0.225. The minimum absolute atomic E-state index is 0.210. The second kappa shape index (κ2) is 15.2. The van der Waals surface area contributed by atoms with E-state index in [0.29, 0.717) is 13.0 Å². The predicted molar refractivity (Wildman–Crippen MR) is 184 cm³/mol. The molecule has 0 aliphatic carbocycles. The van der Waals surface area contributed by atoms with Gasteiger partial charge in [-0.05, 0) is 63.3 Å². The van der Waals surface area contributed by atoms with Crippen LogP contribution in [0.2, 0.25) is 0 Å². The van der Waals surface area contributed by atoms with Crippen LogP contribution >= 0.6 is 0 Å². The van der Waals surface area contributed by atoms with Gasteiger partial charge in [0.2, 0.25) is 5.91 Å². The minimum Gasteiger partial charge on any atom is -0.372 e. The number of amides is 1.